The van der Waals surface area contributed by atoms with E-state index >= 15 is 0 Å². The summed E-state index contributed by atoms with van der Waals surface area (Å²) in [6, 6.07) is 5.48. The highest BCUT2D eigenvalue weighted by atomic mass is 16.5. The molecule has 2 aliphatic heterocycles. The molecule has 1 aromatic carbocycles. The molecule has 0 saturated carbocycles. The van der Waals surface area contributed by atoms with Gasteiger partial charge in [-0.2, -0.15) is 0 Å². The van der Waals surface area contributed by atoms with Crippen molar-refractivity contribution in [1.29, 1.82) is 0 Å². The lowest BCUT2D eigenvalue weighted by molar-refractivity contribution is 0.239. The zero-order valence-electron chi connectivity index (χ0n) is 16.4. The highest BCUT2D eigenvalue weighted by Crippen LogP contribution is 2.28. The summed E-state index contributed by atoms with van der Waals surface area (Å²) >= 11 is 0. The lowest BCUT2D eigenvalue weighted by Gasteiger charge is -2.31. The molecular weight excluding hydrogens is 356 g/mol. The quantitative estimate of drug-likeness (QED) is 0.824. The van der Waals surface area contributed by atoms with E-state index in [9.17, 15) is 9.90 Å². The molecule has 0 atom stereocenters. The Morgan fingerprint density at radius 3 is 2.82 bits per heavy atom. The molecule has 7 heteroatoms. The molecule has 150 valence electrons. The Morgan fingerprint density at radius 2 is 2.04 bits per heavy atom. The van der Waals surface area contributed by atoms with Crippen molar-refractivity contribution in [2.24, 2.45) is 0 Å². The maximum absolute atomic E-state index is 12.6. The van der Waals surface area contributed by atoms with Crippen LogP contribution in [0.2, 0.25) is 0 Å². The predicted molar refractivity (Wildman–Crippen MR) is 108 cm³/mol. The number of ether oxygens (including phenoxy) is 1. The minimum Gasteiger partial charge on any atom is -0.504 e. The van der Waals surface area contributed by atoms with Crippen LogP contribution >= 0.6 is 0 Å². The third-order valence-electron chi connectivity index (χ3n) is 5.53. The Bertz CT molecular complexity index is 890. The van der Waals surface area contributed by atoms with E-state index in [4.69, 9.17) is 9.72 Å². The van der Waals surface area contributed by atoms with E-state index in [1.165, 1.54) is 6.42 Å². The van der Waals surface area contributed by atoms with Gasteiger partial charge in [0.15, 0.2) is 11.5 Å². The summed E-state index contributed by atoms with van der Waals surface area (Å²) < 4.78 is 5.49. The molecule has 7 nitrogen and oxygen atoms in total. The monoisotopic (exact) mass is 384 g/mol. The van der Waals surface area contributed by atoms with Crippen LogP contribution in [0.15, 0.2) is 23.0 Å². The van der Waals surface area contributed by atoms with Gasteiger partial charge in [-0.05, 0) is 50.3 Å². The summed E-state index contributed by atoms with van der Waals surface area (Å²) in [7, 11) is 0. The van der Waals surface area contributed by atoms with Crippen molar-refractivity contribution in [2.75, 3.05) is 31.1 Å². The number of nitrogens with one attached hydrogen (secondary N) is 1. The van der Waals surface area contributed by atoms with Gasteiger partial charge in [0, 0.05) is 38.3 Å². The maximum Gasteiger partial charge on any atom is 0.255 e. The number of hydrogen-bond acceptors (Lipinski definition) is 6. The van der Waals surface area contributed by atoms with Crippen LogP contribution < -0.4 is 15.2 Å². The zero-order chi connectivity index (χ0) is 19.5. The van der Waals surface area contributed by atoms with E-state index in [0.717, 1.165) is 55.8 Å². The number of fused-ring (bicyclic) bond motifs is 1. The summed E-state index contributed by atoms with van der Waals surface area (Å²) in [4.78, 5) is 24.9. The number of H-pyrrole nitrogens is 1. The van der Waals surface area contributed by atoms with Gasteiger partial charge in [-0.15, -0.1) is 0 Å². The Balaban J connectivity index is 1.51. The molecule has 2 N–H and O–H groups in total. The largest absolute Gasteiger partial charge is 0.504 e. The fraction of sp³-hybridized carbons (Fsp3) is 0.524. The van der Waals surface area contributed by atoms with Crippen molar-refractivity contribution in [2.45, 2.75) is 45.7 Å². The van der Waals surface area contributed by atoms with Gasteiger partial charge in [-0.3, -0.25) is 14.7 Å². The second-order valence-corrected chi connectivity index (χ2v) is 7.56. The fourth-order valence-corrected chi connectivity index (χ4v) is 4.06. The van der Waals surface area contributed by atoms with Crippen molar-refractivity contribution in [3.8, 4) is 11.5 Å². The van der Waals surface area contributed by atoms with Gasteiger partial charge < -0.3 is 14.7 Å². The molecule has 2 aliphatic rings. The van der Waals surface area contributed by atoms with Gasteiger partial charge in [0.05, 0.1) is 12.3 Å². The summed E-state index contributed by atoms with van der Waals surface area (Å²) in [6.45, 7) is 6.53. The van der Waals surface area contributed by atoms with E-state index in [1.807, 2.05) is 19.1 Å². The third-order valence-corrected chi connectivity index (χ3v) is 5.53. The van der Waals surface area contributed by atoms with Crippen LogP contribution in [-0.4, -0.2) is 46.2 Å². The topological polar surface area (TPSA) is 81.7 Å². The molecule has 1 saturated heterocycles. The van der Waals surface area contributed by atoms with E-state index in [2.05, 4.69) is 14.8 Å². The van der Waals surface area contributed by atoms with Gasteiger partial charge >= 0.3 is 0 Å². The number of phenolic OH excluding ortho intramolecular Hbond substituents is 1. The van der Waals surface area contributed by atoms with Crippen molar-refractivity contribution < 1.29 is 9.84 Å². The first-order valence-electron chi connectivity index (χ1n) is 10.2. The highest BCUT2D eigenvalue weighted by Gasteiger charge is 2.23. The van der Waals surface area contributed by atoms with E-state index in [1.54, 1.807) is 6.07 Å². The Morgan fingerprint density at radius 1 is 1.21 bits per heavy atom. The molecular formula is C21H28N4O3. The number of anilines is 1. The number of hydrogen-bond donors (Lipinski definition) is 2. The number of benzene rings is 1. The zero-order valence-corrected chi connectivity index (χ0v) is 16.4. The first-order valence-corrected chi connectivity index (χ1v) is 10.2. The lowest BCUT2D eigenvalue weighted by Crippen LogP contribution is -2.38. The van der Waals surface area contributed by atoms with Crippen molar-refractivity contribution in [3.05, 3.63) is 45.4 Å². The molecule has 28 heavy (non-hydrogen) atoms. The van der Waals surface area contributed by atoms with Crippen LogP contribution in [0, 0.1) is 0 Å². The Labute approximate surface area is 165 Å². The molecule has 0 radical (unpaired) electrons. The average molecular weight is 384 g/mol. The van der Waals surface area contributed by atoms with Gasteiger partial charge in [0.2, 0.25) is 5.95 Å². The van der Waals surface area contributed by atoms with E-state index < -0.39 is 0 Å². The smallest absolute Gasteiger partial charge is 0.255 e. The molecule has 1 fully saturated rings. The van der Waals surface area contributed by atoms with Gasteiger partial charge in [-0.25, -0.2) is 4.98 Å². The van der Waals surface area contributed by atoms with Crippen LogP contribution in [0.1, 0.15) is 43.0 Å². The summed E-state index contributed by atoms with van der Waals surface area (Å²) in [6.07, 6.45) is 4.25. The standard InChI is InChI=1S/C21H28N4O3/c1-2-28-19-12-15(6-7-18(19)26)13-24-11-8-16-17(14-24)22-21(23-20(16)27)25-9-4-3-5-10-25/h6-7,12,26H,2-5,8-11,13-14H2,1H3,(H,22,23,27). The minimum absolute atomic E-state index is 0.00786. The number of rotatable bonds is 5. The highest BCUT2D eigenvalue weighted by molar-refractivity contribution is 5.42. The van der Waals surface area contributed by atoms with E-state index in [-0.39, 0.29) is 11.3 Å². The van der Waals surface area contributed by atoms with Gasteiger partial charge in [0.25, 0.3) is 5.56 Å². The van der Waals surface area contributed by atoms with Crippen LogP contribution in [0.4, 0.5) is 5.95 Å². The lowest BCUT2D eigenvalue weighted by atomic mass is 10.1. The molecule has 0 spiro atoms. The van der Waals surface area contributed by atoms with Crippen molar-refractivity contribution in [1.82, 2.24) is 14.9 Å². The number of aromatic hydroxyl groups is 1. The molecule has 0 bridgehead atoms. The number of piperidine rings is 1. The third kappa shape index (κ3) is 3.99. The van der Waals surface area contributed by atoms with Gasteiger partial charge in [-0.1, -0.05) is 6.07 Å². The molecule has 3 heterocycles. The summed E-state index contributed by atoms with van der Waals surface area (Å²) in [5, 5.41) is 9.90. The number of nitrogens with zero attached hydrogens (tertiary/aromatic N) is 3. The number of phenols is 1. The second-order valence-electron chi connectivity index (χ2n) is 7.56. The average Bonchev–Trinajstić information content (AvgIpc) is 2.71. The molecule has 0 unspecified atom stereocenters. The summed E-state index contributed by atoms with van der Waals surface area (Å²) in [5.41, 5.74) is 2.79. The van der Waals surface area contributed by atoms with Gasteiger partial charge in [0.1, 0.15) is 0 Å². The Kier molecular flexibility index (Phi) is 5.52. The molecule has 2 aromatic rings. The fourth-order valence-electron chi connectivity index (χ4n) is 4.06. The number of aromatic amines is 1. The SMILES string of the molecule is CCOc1cc(CN2CCc3c(nc(N4CCCCC4)[nH]c3=O)C2)ccc1O. The van der Waals surface area contributed by atoms with Crippen LogP contribution in [0.25, 0.3) is 0 Å². The first kappa shape index (κ1) is 18.8. The summed E-state index contributed by atoms with van der Waals surface area (Å²) in [5.74, 6) is 1.39. The normalized spacial score (nSPS) is 17.4. The van der Waals surface area contributed by atoms with Crippen LogP contribution in [0.5, 0.6) is 11.5 Å². The van der Waals surface area contributed by atoms with E-state index in [0.29, 0.717) is 31.3 Å². The van der Waals surface area contributed by atoms with Crippen LogP contribution in [-0.2, 0) is 19.5 Å². The maximum atomic E-state index is 12.6. The Hall–Kier alpha value is -2.54. The predicted octanol–water partition coefficient (Wildman–Crippen LogP) is 2.42. The first-order chi connectivity index (χ1) is 13.6. The minimum atomic E-state index is 0.00786. The molecule has 4 rings (SSSR count). The van der Waals surface area contributed by atoms with Crippen LogP contribution in [0.3, 0.4) is 0 Å². The second kappa shape index (κ2) is 8.22. The number of aromatic nitrogens is 2. The molecule has 0 aliphatic carbocycles. The molecule has 0 amide bonds. The molecule has 1 aromatic heterocycles. The van der Waals surface area contributed by atoms with Crippen molar-refractivity contribution in [3.63, 3.8) is 0 Å². The van der Waals surface area contributed by atoms with Crippen molar-refractivity contribution >= 4 is 5.95 Å².